The Balaban J connectivity index is 1.61. The van der Waals surface area contributed by atoms with Gasteiger partial charge in [0.25, 0.3) is 0 Å². The number of rotatable bonds is 2. The number of nitrogens with zero attached hydrogens (tertiary/aromatic N) is 2. The molecule has 8 nitrogen and oxygen atoms in total. The molecule has 4 rings (SSSR count). The Kier molecular flexibility index (Phi) is 5.99. The van der Waals surface area contributed by atoms with Gasteiger partial charge in [-0.25, -0.2) is 4.79 Å². The molecule has 2 heterocycles. The van der Waals surface area contributed by atoms with Gasteiger partial charge in [-0.05, 0) is 31.4 Å². The molecular weight excluding hydrogens is 374 g/mol. The molecule has 0 spiro atoms. The lowest BCUT2D eigenvalue weighted by molar-refractivity contribution is -0.139. The fraction of sp³-hybridized carbons (Fsp3) is 0.571. The zero-order chi connectivity index (χ0) is 20.2. The molecule has 2 fully saturated rings. The van der Waals surface area contributed by atoms with Crippen LogP contribution in [0.5, 0.6) is 0 Å². The van der Waals surface area contributed by atoms with Crippen LogP contribution in [0.2, 0.25) is 0 Å². The van der Waals surface area contributed by atoms with Gasteiger partial charge in [0, 0.05) is 25.7 Å². The van der Waals surface area contributed by atoms with E-state index in [1.165, 1.54) is 4.57 Å². The lowest BCUT2D eigenvalue weighted by Gasteiger charge is -2.39. The topological polar surface area (TPSA) is 93.8 Å². The molecule has 1 N–H and O–H groups in total. The summed E-state index contributed by atoms with van der Waals surface area (Å²) in [7, 11) is 0. The van der Waals surface area contributed by atoms with E-state index in [0.717, 1.165) is 25.7 Å². The number of benzene rings is 1. The van der Waals surface area contributed by atoms with Crippen LogP contribution in [-0.4, -0.2) is 53.6 Å². The monoisotopic (exact) mass is 401 g/mol. The van der Waals surface area contributed by atoms with Crippen LogP contribution in [0.15, 0.2) is 33.5 Å². The summed E-state index contributed by atoms with van der Waals surface area (Å²) in [6, 6.07) is 6.93. The van der Waals surface area contributed by atoms with Crippen molar-refractivity contribution in [3.8, 4) is 0 Å². The Labute approximate surface area is 168 Å². The molecule has 1 saturated heterocycles. The first-order valence-corrected chi connectivity index (χ1v) is 10.4. The van der Waals surface area contributed by atoms with Gasteiger partial charge in [0.15, 0.2) is 5.58 Å². The molecule has 2 atom stereocenters. The SMILES string of the molecule is O=C1NCCOCCCN(C(=O)Cn2c(=O)oc3ccccc32)[C@H]2CCCC[C@@H]12. The molecule has 1 aromatic carbocycles. The predicted molar refractivity (Wildman–Crippen MR) is 106 cm³/mol. The van der Waals surface area contributed by atoms with E-state index >= 15 is 0 Å². The summed E-state index contributed by atoms with van der Waals surface area (Å²) >= 11 is 0. The van der Waals surface area contributed by atoms with E-state index in [1.807, 2.05) is 6.07 Å². The third-order valence-corrected chi connectivity index (χ3v) is 5.89. The molecule has 1 aromatic heterocycles. The van der Waals surface area contributed by atoms with Crippen LogP contribution in [0.1, 0.15) is 32.1 Å². The Morgan fingerprint density at radius 3 is 2.83 bits per heavy atom. The van der Waals surface area contributed by atoms with Gasteiger partial charge in [-0.2, -0.15) is 0 Å². The fourth-order valence-electron chi connectivity index (χ4n) is 4.47. The summed E-state index contributed by atoms with van der Waals surface area (Å²) in [6.45, 7) is 1.92. The Bertz CT molecular complexity index is 934. The van der Waals surface area contributed by atoms with Crippen molar-refractivity contribution in [3.05, 3.63) is 34.8 Å². The second-order valence-corrected chi connectivity index (χ2v) is 7.72. The number of fused-ring (bicyclic) bond motifs is 2. The van der Waals surface area contributed by atoms with Crippen molar-refractivity contribution in [2.75, 3.05) is 26.3 Å². The average molecular weight is 401 g/mol. The molecule has 1 aliphatic carbocycles. The second-order valence-electron chi connectivity index (χ2n) is 7.72. The van der Waals surface area contributed by atoms with Gasteiger partial charge in [0.2, 0.25) is 11.8 Å². The number of aromatic nitrogens is 1. The van der Waals surface area contributed by atoms with Crippen LogP contribution >= 0.6 is 0 Å². The summed E-state index contributed by atoms with van der Waals surface area (Å²) in [5.74, 6) is -0.936. The van der Waals surface area contributed by atoms with Crippen molar-refractivity contribution < 1.29 is 18.7 Å². The van der Waals surface area contributed by atoms with Gasteiger partial charge in [-0.15, -0.1) is 0 Å². The third-order valence-electron chi connectivity index (χ3n) is 5.89. The summed E-state index contributed by atoms with van der Waals surface area (Å²) in [5, 5.41) is 2.95. The van der Waals surface area contributed by atoms with Crippen molar-refractivity contribution in [2.45, 2.75) is 44.7 Å². The van der Waals surface area contributed by atoms with Gasteiger partial charge >= 0.3 is 5.76 Å². The highest BCUT2D eigenvalue weighted by atomic mass is 16.5. The van der Waals surface area contributed by atoms with E-state index in [-0.39, 0.29) is 30.3 Å². The largest absolute Gasteiger partial charge is 0.420 e. The number of hydrogen-bond acceptors (Lipinski definition) is 5. The van der Waals surface area contributed by atoms with Gasteiger partial charge < -0.3 is 19.4 Å². The van der Waals surface area contributed by atoms with Crippen molar-refractivity contribution in [1.29, 1.82) is 0 Å². The lowest BCUT2D eigenvalue weighted by atomic mass is 9.82. The maximum atomic E-state index is 13.3. The zero-order valence-corrected chi connectivity index (χ0v) is 16.5. The zero-order valence-electron chi connectivity index (χ0n) is 16.5. The second kappa shape index (κ2) is 8.82. The highest BCUT2D eigenvalue weighted by Gasteiger charge is 2.37. The molecule has 1 aliphatic heterocycles. The van der Waals surface area contributed by atoms with Crippen molar-refractivity contribution >= 4 is 22.9 Å². The highest BCUT2D eigenvalue weighted by molar-refractivity contribution is 5.83. The van der Waals surface area contributed by atoms with Crippen molar-refractivity contribution in [1.82, 2.24) is 14.8 Å². The summed E-state index contributed by atoms with van der Waals surface area (Å²) in [4.78, 5) is 40.1. The first-order valence-electron chi connectivity index (χ1n) is 10.4. The molecule has 156 valence electrons. The predicted octanol–water partition coefficient (Wildman–Crippen LogP) is 1.52. The number of carbonyl (C=O) groups excluding carboxylic acids is 2. The van der Waals surface area contributed by atoms with E-state index in [0.29, 0.717) is 43.8 Å². The fourth-order valence-corrected chi connectivity index (χ4v) is 4.47. The number of nitrogens with one attached hydrogen (secondary N) is 1. The van der Waals surface area contributed by atoms with Crippen molar-refractivity contribution in [3.63, 3.8) is 0 Å². The standard InChI is InChI=1S/C21H27N3O5/c25-19(14-24-17-8-3-4-9-18(17)29-21(24)27)23-11-5-12-28-13-10-22-20(26)15-6-1-2-7-16(15)23/h3-4,8-9,15-16H,1-2,5-7,10-14H2,(H,22,26)/t15-,16+/m1/s1. The molecule has 29 heavy (non-hydrogen) atoms. The molecule has 2 aliphatic rings. The van der Waals surface area contributed by atoms with Crippen LogP contribution < -0.4 is 11.1 Å². The molecular formula is C21H27N3O5. The Morgan fingerprint density at radius 1 is 1.10 bits per heavy atom. The number of hydrogen-bond donors (Lipinski definition) is 1. The minimum atomic E-state index is -0.543. The van der Waals surface area contributed by atoms with Gasteiger partial charge in [-0.1, -0.05) is 25.0 Å². The van der Waals surface area contributed by atoms with E-state index < -0.39 is 5.76 Å². The van der Waals surface area contributed by atoms with E-state index in [2.05, 4.69) is 5.32 Å². The summed E-state index contributed by atoms with van der Waals surface area (Å²) in [5.41, 5.74) is 1.07. The molecule has 0 bridgehead atoms. The number of carbonyl (C=O) groups is 2. The van der Waals surface area contributed by atoms with Gasteiger partial charge in [-0.3, -0.25) is 14.2 Å². The molecule has 2 amide bonds. The highest BCUT2D eigenvalue weighted by Crippen LogP contribution is 2.29. The normalized spacial score (nSPS) is 23.9. The van der Waals surface area contributed by atoms with Crippen LogP contribution in [0.25, 0.3) is 11.1 Å². The van der Waals surface area contributed by atoms with E-state index in [1.54, 1.807) is 23.1 Å². The third kappa shape index (κ3) is 4.22. The minimum Gasteiger partial charge on any atom is -0.408 e. The van der Waals surface area contributed by atoms with Crippen LogP contribution in [0.4, 0.5) is 0 Å². The lowest BCUT2D eigenvalue weighted by Crippen LogP contribution is -2.52. The Morgan fingerprint density at radius 2 is 1.93 bits per heavy atom. The smallest absolute Gasteiger partial charge is 0.408 e. The van der Waals surface area contributed by atoms with Crippen molar-refractivity contribution in [2.24, 2.45) is 5.92 Å². The van der Waals surface area contributed by atoms with Crippen LogP contribution in [0, 0.1) is 5.92 Å². The maximum absolute atomic E-state index is 13.3. The minimum absolute atomic E-state index is 0.0103. The molecule has 0 unspecified atom stereocenters. The van der Waals surface area contributed by atoms with Crippen LogP contribution in [-0.2, 0) is 20.9 Å². The number of amides is 2. The van der Waals surface area contributed by atoms with Gasteiger partial charge in [0.1, 0.15) is 6.54 Å². The Hall–Kier alpha value is -2.61. The number of para-hydroxylation sites is 2. The molecule has 2 aromatic rings. The number of ether oxygens (including phenoxy) is 1. The maximum Gasteiger partial charge on any atom is 0.420 e. The summed E-state index contributed by atoms with van der Waals surface area (Å²) < 4.78 is 12.2. The summed E-state index contributed by atoms with van der Waals surface area (Å²) in [6.07, 6.45) is 4.24. The first-order chi connectivity index (χ1) is 14.1. The first kappa shape index (κ1) is 19.7. The molecule has 0 radical (unpaired) electrons. The van der Waals surface area contributed by atoms with Gasteiger partial charge in [0.05, 0.1) is 18.0 Å². The molecule has 1 saturated carbocycles. The number of oxazole rings is 1. The van der Waals surface area contributed by atoms with E-state index in [9.17, 15) is 14.4 Å². The van der Waals surface area contributed by atoms with Crippen LogP contribution in [0.3, 0.4) is 0 Å². The molecule has 8 heteroatoms. The average Bonchev–Trinajstić information content (AvgIpc) is 3.03. The quantitative estimate of drug-likeness (QED) is 0.824. The van der Waals surface area contributed by atoms with E-state index in [4.69, 9.17) is 9.15 Å².